The lowest BCUT2D eigenvalue weighted by Gasteiger charge is -2.12. The van der Waals surface area contributed by atoms with Gasteiger partial charge in [-0.05, 0) is 37.9 Å². The number of nitrogens with one attached hydrogen (secondary N) is 1. The van der Waals surface area contributed by atoms with Crippen molar-refractivity contribution in [3.63, 3.8) is 0 Å². The second-order valence-electron chi connectivity index (χ2n) is 5.56. The third-order valence-corrected chi connectivity index (χ3v) is 2.93. The average Bonchev–Trinajstić information content (AvgIpc) is 2.37. The van der Waals surface area contributed by atoms with Gasteiger partial charge >= 0.3 is 0 Å². The van der Waals surface area contributed by atoms with Gasteiger partial charge in [-0.3, -0.25) is 4.98 Å². The van der Waals surface area contributed by atoms with Crippen LogP contribution >= 0.6 is 0 Å². The van der Waals surface area contributed by atoms with E-state index in [0.717, 1.165) is 37.3 Å². The summed E-state index contributed by atoms with van der Waals surface area (Å²) in [5.41, 5.74) is 2.11. The van der Waals surface area contributed by atoms with Crippen molar-refractivity contribution < 1.29 is 4.74 Å². The van der Waals surface area contributed by atoms with Crippen LogP contribution in [0.15, 0.2) is 18.2 Å². The summed E-state index contributed by atoms with van der Waals surface area (Å²) in [5.74, 6) is 0.668. The molecule has 1 aromatic rings. The molecule has 0 fully saturated rings. The highest BCUT2D eigenvalue weighted by Gasteiger charge is 2.03. The van der Waals surface area contributed by atoms with Gasteiger partial charge in [0, 0.05) is 6.54 Å². The molecular formula is C16H28N2O. The highest BCUT2D eigenvalue weighted by atomic mass is 16.5. The Morgan fingerprint density at radius 3 is 2.63 bits per heavy atom. The molecule has 1 heterocycles. The monoisotopic (exact) mass is 264 g/mol. The molecule has 1 unspecified atom stereocenters. The molecule has 0 saturated carbocycles. The summed E-state index contributed by atoms with van der Waals surface area (Å²) in [7, 11) is 0. The van der Waals surface area contributed by atoms with Gasteiger partial charge in [-0.15, -0.1) is 0 Å². The van der Waals surface area contributed by atoms with Gasteiger partial charge in [0.25, 0.3) is 0 Å². The van der Waals surface area contributed by atoms with E-state index in [1.54, 1.807) is 0 Å². The molecule has 0 aliphatic carbocycles. The predicted octanol–water partition coefficient (Wildman–Crippen LogP) is 3.53. The molecule has 108 valence electrons. The Morgan fingerprint density at radius 1 is 1.21 bits per heavy atom. The minimum atomic E-state index is 0.314. The van der Waals surface area contributed by atoms with Crippen LogP contribution in [0.25, 0.3) is 0 Å². The molecule has 1 atom stereocenters. The normalized spacial score (nSPS) is 12.9. The third kappa shape index (κ3) is 7.28. The molecule has 0 saturated heterocycles. The summed E-state index contributed by atoms with van der Waals surface area (Å²) in [6.07, 6.45) is 2.58. The molecule has 1 rings (SSSR count). The van der Waals surface area contributed by atoms with E-state index in [4.69, 9.17) is 4.74 Å². The molecule has 3 heteroatoms. The van der Waals surface area contributed by atoms with Crippen LogP contribution in [-0.2, 0) is 17.9 Å². The van der Waals surface area contributed by atoms with Gasteiger partial charge in [0.05, 0.1) is 24.1 Å². The number of nitrogens with zero attached hydrogens (tertiary/aromatic N) is 1. The second-order valence-corrected chi connectivity index (χ2v) is 5.56. The van der Waals surface area contributed by atoms with E-state index in [1.165, 1.54) is 0 Å². The van der Waals surface area contributed by atoms with E-state index in [0.29, 0.717) is 18.6 Å². The number of aromatic nitrogens is 1. The van der Waals surface area contributed by atoms with Crippen LogP contribution in [0.3, 0.4) is 0 Å². The molecule has 19 heavy (non-hydrogen) atoms. The van der Waals surface area contributed by atoms with Gasteiger partial charge in [-0.2, -0.15) is 0 Å². The van der Waals surface area contributed by atoms with Crippen LogP contribution < -0.4 is 5.32 Å². The Bertz CT molecular complexity index is 352. The first kappa shape index (κ1) is 16.1. The number of hydrogen-bond acceptors (Lipinski definition) is 3. The van der Waals surface area contributed by atoms with Gasteiger partial charge in [0.1, 0.15) is 0 Å². The standard InChI is InChI=1S/C16H28N2O/c1-5-7-14(4)19-12-16-9-6-8-15(18-16)11-17-10-13(2)3/h6,8-9,13-14,17H,5,7,10-12H2,1-4H3. The Kier molecular flexibility index (Phi) is 7.68. The maximum atomic E-state index is 5.78. The lowest BCUT2D eigenvalue weighted by Crippen LogP contribution is -2.20. The molecule has 1 aromatic heterocycles. The van der Waals surface area contributed by atoms with Crippen molar-refractivity contribution in [1.29, 1.82) is 0 Å². The Balaban J connectivity index is 2.38. The molecule has 1 N–H and O–H groups in total. The minimum Gasteiger partial charge on any atom is -0.372 e. The predicted molar refractivity (Wildman–Crippen MR) is 79.9 cm³/mol. The molecule has 0 amide bonds. The zero-order valence-electron chi connectivity index (χ0n) is 12.8. The van der Waals surface area contributed by atoms with Crippen molar-refractivity contribution in [3.05, 3.63) is 29.6 Å². The van der Waals surface area contributed by atoms with Gasteiger partial charge in [0.15, 0.2) is 0 Å². The zero-order chi connectivity index (χ0) is 14.1. The fraction of sp³-hybridized carbons (Fsp3) is 0.688. The van der Waals surface area contributed by atoms with Crippen molar-refractivity contribution in [2.45, 2.75) is 59.8 Å². The molecule has 0 aliphatic heterocycles. The van der Waals surface area contributed by atoms with Crippen LogP contribution in [0.4, 0.5) is 0 Å². The molecule has 0 bridgehead atoms. The van der Waals surface area contributed by atoms with Gasteiger partial charge in [-0.1, -0.05) is 33.3 Å². The topological polar surface area (TPSA) is 34.1 Å². The van der Waals surface area contributed by atoms with E-state index in [1.807, 2.05) is 6.07 Å². The maximum absolute atomic E-state index is 5.78. The van der Waals surface area contributed by atoms with E-state index in [9.17, 15) is 0 Å². The first-order chi connectivity index (χ1) is 9.11. The smallest absolute Gasteiger partial charge is 0.0891 e. The summed E-state index contributed by atoms with van der Waals surface area (Å²) < 4.78 is 5.78. The molecule has 3 nitrogen and oxygen atoms in total. The first-order valence-electron chi connectivity index (χ1n) is 7.39. The SMILES string of the molecule is CCCC(C)OCc1cccc(CNCC(C)C)n1. The summed E-state index contributed by atoms with van der Waals surface area (Å²) in [4.78, 5) is 4.61. The summed E-state index contributed by atoms with van der Waals surface area (Å²) in [6, 6.07) is 6.15. The molecule has 0 aromatic carbocycles. The fourth-order valence-electron chi connectivity index (χ4n) is 1.91. The Morgan fingerprint density at radius 2 is 1.95 bits per heavy atom. The largest absolute Gasteiger partial charge is 0.372 e. The molecule has 0 spiro atoms. The zero-order valence-corrected chi connectivity index (χ0v) is 12.8. The van der Waals surface area contributed by atoms with E-state index in [2.05, 4.69) is 50.1 Å². The lowest BCUT2D eigenvalue weighted by molar-refractivity contribution is 0.0452. The summed E-state index contributed by atoms with van der Waals surface area (Å²) in [5, 5.41) is 3.41. The number of hydrogen-bond donors (Lipinski definition) is 1. The number of ether oxygens (including phenoxy) is 1. The quantitative estimate of drug-likeness (QED) is 0.741. The molecule has 0 aliphatic rings. The van der Waals surface area contributed by atoms with E-state index >= 15 is 0 Å². The first-order valence-corrected chi connectivity index (χ1v) is 7.39. The summed E-state index contributed by atoms with van der Waals surface area (Å²) in [6.45, 7) is 11.2. The van der Waals surface area contributed by atoms with Crippen molar-refractivity contribution in [3.8, 4) is 0 Å². The highest BCUT2D eigenvalue weighted by molar-refractivity contribution is 5.10. The van der Waals surface area contributed by atoms with E-state index < -0.39 is 0 Å². The fourth-order valence-corrected chi connectivity index (χ4v) is 1.91. The van der Waals surface area contributed by atoms with Crippen LogP contribution in [0.1, 0.15) is 51.9 Å². The van der Waals surface area contributed by atoms with E-state index in [-0.39, 0.29) is 0 Å². The van der Waals surface area contributed by atoms with Crippen molar-refractivity contribution >= 4 is 0 Å². The maximum Gasteiger partial charge on any atom is 0.0891 e. The number of rotatable bonds is 9. The highest BCUT2D eigenvalue weighted by Crippen LogP contribution is 2.06. The second kappa shape index (κ2) is 9.05. The van der Waals surface area contributed by atoms with Gasteiger partial charge in [0.2, 0.25) is 0 Å². The van der Waals surface area contributed by atoms with Crippen LogP contribution in [0.5, 0.6) is 0 Å². The summed E-state index contributed by atoms with van der Waals surface area (Å²) >= 11 is 0. The van der Waals surface area contributed by atoms with Gasteiger partial charge < -0.3 is 10.1 Å². The van der Waals surface area contributed by atoms with Crippen LogP contribution in [-0.4, -0.2) is 17.6 Å². The van der Waals surface area contributed by atoms with Crippen LogP contribution in [0, 0.1) is 5.92 Å². The minimum absolute atomic E-state index is 0.314. The van der Waals surface area contributed by atoms with Crippen molar-refractivity contribution in [1.82, 2.24) is 10.3 Å². The third-order valence-electron chi connectivity index (χ3n) is 2.93. The average molecular weight is 264 g/mol. The van der Waals surface area contributed by atoms with Crippen molar-refractivity contribution in [2.75, 3.05) is 6.54 Å². The molecular weight excluding hydrogens is 236 g/mol. The van der Waals surface area contributed by atoms with Crippen LogP contribution in [0.2, 0.25) is 0 Å². The van der Waals surface area contributed by atoms with Gasteiger partial charge in [-0.25, -0.2) is 0 Å². The lowest BCUT2D eigenvalue weighted by atomic mass is 10.2. The van der Waals surface area contributed by atoms with Crippen molar-refractivity contribution in [2.24, 2.45) is 5.92 Å². The Labute approximate surface area is 117 Å². The molecule has 0 radical (unpaired) electrons. The Hall–Kier alpha value is -0.930. The number of pyridine rings is 1.